The second-order valence-electron chi connectivity index (χ2n) is 12.6. The molecule has 0 saturated carbocycles. The van der Waals surface area contributed by atoms with E-state index >= 15 is 0 Å². The van der Waals surface area contributed by atoms with Crippen molar-refractivity contribution in [1.82, 2.24) is 5.32 Å². The summed E-state index contributed by atoms with van der Waals surface area (Å²) in [6, 6.07) is 24.8. The molecule has 214 valence electrons. The van der Waals surface area contributed by atoms with Gasteiger partial charge in [-0.1, -0.05) is 67.6 Å². The van der Waals surface area contributed by atoms with Crippen molar-refractivity contribution >= 4 is 11.7 Å². The van der Waals surface area contributed by atoms with Crippen LogP contribution in [0.25, 0.3) is 11.1 Å². The number of ketones is 1. The highest BCUT2D eigenvalue weighted by Crippen LogP contribution is 2.22. The monoisotopic (exact) mass is 543 g/mol. The maximum absolute atomic E-state index is 12.6. The summed E-state index contributed by atoms with van der Waals surface area (Å²) in [5, 5.41) is 3.04. The van der Waals surface area contributed by atoms with Crippen LogP contribution in [-0.4, -0.2) is 75.5 Å². The molecule has 0 fully saturated rings. The molecule has 40 heavy (non-hydrogen) atoms. The van der Waals surface area contributed by atoms with Gasteiger partial charge in [-0.25, -0.2) is 0 Å². The molecule has 0 atom stereocenters. The minimum Gasteiger partial charge on any atom is -0.352 e. The average Bonchev–Trinajstić information content (AvgIpc) is 2.93. The molecule has 0 aliphatic heterocycles. The Morgan fingerprint density at radius 3 is 1.75 bits per heavy atom. The molecule has 3 rings (SSSR count). The van der Waals surface area contributed by atoms with Gasteiger partial charge in [0.2, 0.25) is 0 Å². The number of unbranched alkanes of at least 4 members (excludes halogenated alkanes) is 1. The maximum Gasteiger partial charge on any atom is 0.251 e. The Labute approximate surface area is 242 Å². The summed E-state index contributed by atoms with van der Waals surface area (Å²) in [4.78, 5) is 25.1. The smallest absolute Gasteiger partial charge is 0.251 e. The number of carbonyl (C=O) groups excluding carboxylic acids is 2. The first-order valence-corrected chi connectivity index (χ1v) is 14.7. The molecule has 5 heteroatoms. The van der Waals surface area contributed by atoms with Crippen LogP contribution in [0.1, 0.15) is 64.4 Å². The number of quaternary nitrogens is 2. The lowest BCUT2D eigenvalue weighted by molar-refractivity contribution is -0.903. The first-order valence-electron chi connectivity index (χ1n) is 14.7. The van der Waals surface area contributed by atoms with Crippen molar-refractivity contribution in [2.45, 2.75) is 45.6 Å². The lowest BCUT2D eigenvalue weighted by Gasteiger charge is -2.30. The van der Waals surface area contributed by atoms with Gasteiger partial charge >= 0.3 is 0 Å². The second kappa shape index (κ2) is 14.4. The molecule has 5 nitrogen and oxygen atoms in total. The van der Waals surface area contributed by atoms with Crippen LogP contribution in [0.3, 0.4) is 0 Å². The molecule has 0 saturated heterocycles. The van der Waals surface area contributed by atoms with E-state index in [2.05, 4.69) is 96.0 Å². The number of rotatable bonds is 15. The van der Waals surface area contributed by atoms with Gasteiger partial charge in [0, 0.05) is 36.1 Å². The summed E-state index contributed by atoms with van der Waals surface area (Å²) < 4.78 is 1.77. The summed E-state index contributed by atoms with van der Waals surface area (Å²) in [6.07, 6.45) is 4.43. The Bertz CT molecular complexity index is 1220. The number of nitrogens with one attached hydrogen (secondary N) is 1. The van der Waals surface area contributed by atoms with Gasteiger partial charge in [-0.3, -0.25) is 9.59 Å². The zero-order chi connectivity index (χ0) is 29.2. The Balaban J connectivity index is 1.39. The molecule has 1 amide bonds. The molecular formula is C35H49N3O2+2. The summed E-state index contributed by atoms with van der Waals surface area (Å²) >= 11 is 0. The molecule has 3 aromatic rings. The SMILES string of the molecule is CCc1ccc(-c2ccc(C[N+](C)(C)CCCNC(=O)c3ccc(C(=O)CCCC[N+](C)(C)C)cc3)cc2)cc1. The normalized spacial score (nSPS) is 11.8. The van der Waals surface area contributed by atoms with Crippen LogP contribution in [0.4, 0.5) is 0 Å². The molecule has 3 aromatic carbocycles. The Kier molecular flexibility index (Phi) is 11.2. The summed E-state index contributed by atoms with van der Waals surface area (Å²) in [6.45, 7) is 5.76. The highest BCUT2D eigenvalue weighted by Gasteiger charge is 2.16. The fourth-order valence-electron chi connectivity index (χ4n) is 4.94. The van der Waals surface area contributed by atoms with Crippen LogP contribution in [0.5, 0.6) is 0 Å². The molecule has 0 aliphatic rings. The number of benzene rings is 3. The van der Waals surface area contributed by atoms with Crippen LogP contribution in [0.15, 0.2) is 72.8 Å². The minimum atomic E-state index is -0.0881. The predicted octanol–water partition coefficient (Wildman–Crippen LogP) is 6.37. The van der Waals surface area contributed by atoms with Gasteiger partial charge in [0.05, 0.1) is 48.3 Å². The number of nitrogens with zero attached hydrogens (tertiary/aromatic N) is 2. The molecule has 0 aromatic heterocycles. The van der Waals surface area contributed by atoms with Crippen molar-refractivity contribution in [3.8, 4) is 11.1 Å². The first kappa shape index (κ1) is 31.3. The standard InChI is InChI=1S/C35H48N3O2/c1-7-28-12-16-30(17-13-28)31-18-14-29(15-19-31)27-38(5,6)26-10-24-36-35(40)33-22-20-32(21-23-33)34(39)11-8-9-25-37(2,3)4/h12-23H,7-11,24-27H2,1-6H3/q+1/p+1. The van der Waals surface area contributed by atoms with Crippen molar-refractivity contribution < 1.29 is 18.6 Å². The molecule has 0 heterocycles. The molecule has 0 radical (unpaired) electrons. The van der Waals surface area contributed by atoms with E-state index in [0.717, 1.165) is 54.3 Å². The lowest BCUT2D eigenvalue weighted by Crippen LogP contribution is -2.41. The number of hydrogen-bond donors (Lipinski definition) is 1. The highest BCUT2D eigenvalue weighted by atomic mass is 16.1. The molecule has 0 aliphatic carbocycles. The summed E-state index contributed by atoms with van der Waals surface area (Å²) in [7, 11) is 11.0. The van der Waals surface area contributed by atoms with Crippen LogP contribution < -0.4 is 5.32 Å². The van der Waals surface area contributed by atoms with Crippen LogP contribution in [-0.2, 0) is 13.0 Å². The number of carbonyl (C=O) groups is 2. The summed E-state index contributed by atoms with van der Waals surface area (Å²) in [5.41, 5.74) is 6.44. The van der Waals surface area contributed by atoms with Crippen molar-refractivity contribution in [1.29, 1.82) is 0 Å². The number of aryl methyl sites for hydroxylation is 1. The van der Waals surface area contributed by atoms with Gasteiger partial charge in [0.25, 0.3) is 5.91 Å². The van der Waals surface area contributed by atoms with Crippen molar-refractivity contribution in [3.05, 3.63) is 95.1 Å². The van der Waals surface area contributed by atoms with Gasteiger partial charge in [0.1, 0.15) is 6.54 Å². The van der Waals surface area contributed by atoms with Crippen molar-refractivity contribution in [2.24, 2.45) is 0 Å². The number of hydrogen-bond acceptors (Lipinski definition) is 2. The lowest BCUT2D eigenvalue weighted by atomic mass is 10.0. The van der Waals surface area contributed by atoms with Gasteiger partial charge in [0.15, 0.2) is 5.78 Å². The number of Topliss-reactive ketones (excluding diaryl/α,β-unsaturated/α-hetero) is 1. The van der Waals surface area contributed by atoms with E-state index in [1.54, 1.807) is 24.3 Å². The first-order chi connectivity index (χ1) is 19.0. The Hall–Kier alpha value is -3.28. The van der Waals surface area contributed by atoms with E-state index in [4.69, 9.17) is 0 Å². The van der Waals surface area contributed by atoms with Crippen LogP contribution >= 0.6 is 0 Å². The van der Waals surface area contributed by atoms with Gasteiger partial charge in [-0.05, 0) is 48.1 Å². The molecular weight excluding hydrogens is 494 g/mol. The third-order valence-electron chi connectivity index (χ3n) is 7.44. The van der Waals surface area contributed by atoms with E-state index in [1.807, 2.05) is 0 Å². The quantitative estimate of drug-likeness (QED) is 0.138. The highest BCUT2D eigenvalue weighted by molar-refractivity contribution is 5.98. The van der Waals surface area contributed by atoms with Gasteiger partial charge < -0.3 is 14.3 Å². The fraction of sp³-hybridized carbons (Fsp3) is 0.429. The van der Waals surface area contributed by atoms with Gasteiger partial charge in [-0.15, -0.1) is 0 Å². The average molecular weight is 544 g/mol. The summed E-state index contributed by atoms with van der Waals surface area (Å²) in [5.74, 6) is 0.0587. The fourth-order valence-corrected chi connectivity index (χ4v) is 4.94. The van der Waals surface area contributed by atoms with Crippen molar-refractivity contribution in [3.63, 3.8) is 0 Å². The molecule has 1 N–H and O–H groups in total. The van der Waals surface area contributed by atoms with E-state index in [0.29, 0.717) is 24.1 Å². The van der Waals surface area contributed by atoms with Crippen LogP contribution in [0.2, 0.25) is 0 Å². The molecule has 0 spiro atoms. The third-order valence-corrected chi connectivity index (χ3v) is 7.44. The second-order valence-corrected chi connectivity index (χ2v) is 12.6. The number of amides is 1. The largest absolute Gasteiger partial charge is 0.352 e. The van der Waals surface area contributed by atoms with Gasteiger partial charge in [-0.2, -0.15) is 0 Å². The van der Waals surface area contributed by atoms with Crippen LogP contribution in [0, 0.1) is 0 Å². The third kappa shape index (κ3) is 10.4. The van der Waals surface area contributed by atoms with Crippen molar-refractivity contribution in [2.75, 3.05) is 54.9 Å². The predicted molar refractivity (Wildman–Crippen MR) is 166 cm³/mol. The topological polar surface area (TPSA) is 46.2 Å². The molecule has 0 unspecified atom stereocenters. The van der Waals surface area contributed by atoms with E-state index in [1.165, 1.54) is 22.3 Å². The Morgan fingerprint density at radius 1 is 0.650 bits per heavy atom. The zero-order valence-corrected chi connectivity index (χ0v) is 25.5. The maximum atomic E-state index is 12.6. The van der Waals surface area contributed by atoms with E-state index in [-0.39, 0.29) is 11.7 Å². The zero-order valence-electron chi connectivity index (χ0n) is 25.5. The van der Waals surface area contributed by atoms with E-state index in [9.17, 15) is 9.59 Å². The molecule has 0 bridgehead atoms. The minimum absolute atomic E-state index is 0.0881. The Morgan fingerprint density at radius 2 is 1.20 bits per heavy atom. The van der Waals surface area contributed by atoms with E-state index < -0.39 is 0 Å².